The van der Waals surface area contributed by atoms with E-state index in [1.807, 2.05) is 0 Å². The summed E-state index contributed by atoms with van der Waals surface area (Å²) < 4.78 is 33.3. The highest BCUT2D eigenvalue weighted by molar-refractivity contribution is 7.89. The first-order valence-corrected chi connectivity index (χ1v) is 12.5. The first kappa shape index (κ1) is 23.9. The minimum absolute atomic E-state index is 0.0192. The largest absolute Gasteiger partial charge is 0.377 e. The molecule has 2 aromatic rings. The molecule has 0 saturated carbocycles. The molecule has 2 aliphatic heterocycles. The maximum atomic E-state index is 13.2. The zero-order chi connectivity index (χ0) is 24.3. The number of carbonyl (C=O) groups excluding carboxylic acids is 3. The van der Waals surface area contributed by atoms with E-state index >= 15 is 0 Å². The summed E-state index contributed by atoms with van der Waals surface area (Å²) in [5, 5.41) is 3.31. The van der Waals surface area contributed by atoms with Gasteiger partial charge >= 0.3 is 6.03 Å². The third-order valence-electron chi connectivity index (χ3n) is 6.03. The van der Waals surface area contributed by atoms with E-state index in [0.717, 1.165) is 12.8 Å². The molecular formula is C23H26N4O6S. The normalized spacial score (nSPS) is 22.6. The number of benzene rings is 2. The molecule has 0 aromatic heterocycles. The molecule has 2 aromatic carbocycles. The Kier molecular flexibility index (Phi) is 6.69. The number of nitrogens with one attached hydrogen (secondary N) is 3. The van der Waals surface area contributed by atoms with Crippen molar-refractivity contribution in [1.29, 1.82) is 0 Å². The van der Waals surface area contributed by atoms with Crippen LogP contribution >= 0.6 is 0 Å². The highest BCUT2D eigenvalue weighted by atomic mass is 32.2. The number of urea groups is 1. The summed E-state index contributed by atoms with van der Waals surface area (Å²) in [7, 11) is -3.88. The molecule has 2 aliphatic rings. The van der Waals surface area contributed by atoms with Crippen LogP contribution in [0.25, 0.3) is 0 Å². The van der Waals surface area contributed by atoms with Crippen LogP contribution in [0.2, 0.25) is 0 Å². The van der Waals surface area contributed by atoms with Gasteiger partial charge in [0.2, 0.25) is 10.0 Å². The SMILES string of the molecule is CC[C@@]1(c2ccccc2)NC(=O)N(NC(=O)c2cccc(S(=O)(=O)NC[C@@H]3CCCO3)c2)C1=O. The highest BCUT2D eigenvalue weighted by Gasteiger charge is 2.52. The standard InChI is InChI=1S/C23H26N4O6S/c1-2-23(17-9-4-3-5-10-17)21(29)27(22(30)25-23)26-20(28)16-8-6-12-19(14-16)34(31,32)24-15-18-11-7-13-33-18/h3-6,8-10,12,14,18,24H,2,7,11,13,15H2,1H3,(H,25,30)(H,26,28)/t18-,23-/m0/s1. The number of hydrogen-bond acceptors (Lipinski definition) is 6. The minimum atomic E-state index is -3.88. The van der Waals surface area contributed by atoms with Gasteiger partial charge in [0.1, 0.15) is 5.54 Å². The van der Waals surface area contributed by atoms with Crippen molar-refractivity contribution in [3.05, 3.63) is 65.7 Å². The maximum Gasteiger partial charge on any atom is 0.344 e. The summed E-state index contributed by atoms with van der Waals surface area (Å²) >= 11 is 0. The van der Waals surface area contributed by atoms with Gasteiger partial charge in [-0.2, -0.15) is 5.01 Å². The molecule has 4 rings (SSSR count). The molecular weight excluding hydrogens is 460 g/mol. The molecule has 10 nitrogen and oxygen atoms in total. The number of sulfonamides is 1. The van der Waals surface area contributed by atoms with E-state index in [1.54, 1.807) is 37.3 Å². The number of rotatable bonds is 8. The fourth-order valence-electron chi connectivity index (χ4n) is 4.10. The molecule has 2 saturated heterocycles. The van der Waals surface area contributed by atoms with Crippen LogP contribution in [0, 0.1) is 0 Å². The van der Waals surface area contributed by atoms with Crippen LogP contribution in [-0.2, 0) is 25.1 Å². The Bertz CT molecular complexity index is 1200. The second-order valence-electron chi connectivity index (χ2n) is 8.15. The Labute approximate surface area is 197 Å². The molecule has 0 bridgehead atoms. The Balaban J connectivity index is 1.49. The predicted molar refractivity (Wildman–Crippen MR) is 122 cm³/mol. The average Bonchev–Trinajstić information content (AvgIpc) is 3.46. The summed E-state index contributed by atoms with van der Waals surface area (Å²) in [5.41, 5.74) is 1.58. The first-order valence-electron chi connectivity index (χ1n) is 11.0. The fraction of sp³-hybridized carbons (Fsp3) is 0.348. The number of hydrazine groups is 1. The van der Waals surface area contributed by atoms with Crippen molar-refractivity contribution in [3.63, 3.8) is 0 Å². The number of carbonyl (C=O) groups is 3. The molecule has 3 N–H and O–H groups in total. The smallest absolute Gasteiger partial charge is 0.344 e. The van der Waals surface area contributed by atoms with Crippen LogP contribution in [0.1, 0.15) is 42.1 Å². The summed E-state index contributed by atoms with van der Waals surface area (Å²) in [6.45, 7) is 2.50. The van der Waals surface area contributed by atoms with E-state index in [1.165, 1.54) is 24.3 Å². The van der Waals surface area contributed by atoms with Crippen molar-refractivity contribution in [3.8, 4) is 0 Å². The van der Waals surface area contributed by atoms with Crippen LogP contribution in [-0.4, -0.2) is 50.5 Å². The van der Waals surface area contributed by atoms with Crippen molar-refractivity contribution in [1.82, 2.24) is 20.5 Å². The quantitative estimate of drug-likeness (QED) is 0.486. The van der Waals surface area contributed by atoms with Gasteiger partial charge < -0.3 is 10.1 Å². The van der Waals surface area contributed by atoms with Crippen molar-refractivity contribution >= 4 is 27.9 Å². The lowest BCUT2D eigenvalue weighted by Crippen LogP contribution is -2.48. The maximum absolute atomic E-state index is 13.2. The first-order chi connectivity index (χ1) is 16.3. The van der Waals surface area contributed by atoms with Crippen LogP contribution in [0.4, 0.5) is 4.79 Å². The Morgan fingerprint density at radius 2 is 1.94 bits per heavy atom. The Morgan fingerprint density at radius 1 is 1.18 bits per heavy atom. The van der Waals surface area contributed by atoms with Crippen LogP contribution in [0.5, 0.6) is 0 Å². The number of hydrogen-bond donors (Lipinski definition) is 3. The molecule has 0 unspecified atom stereocenters. The Hall–Kier alpha value is -3.28. The molecule has 0 radical (unpaired) electrons. The molecule has 2 heterocycles. The number of imide groups is 1. The molecule has 34 heavy (non-hydrogen) atoms. The lowest BCUT2D eigenvalue weighted by atomic mass is 9.87. The lowest BCUT2D eigenvalue weighted by molar-refractivity contribution is -0.133. The van der Waals surface area contributed by atoms with Gasteiger partial charge in [-0.3, -0.25) is 15.0 Å². The van der Waals surface area contributed by atoms with Crippen LogP contribution < -0.4 is 15.5 Å². The van der Waals surface area contributed by atoms with Crippen molar-refractivity contribution in [2.24, 2.45) is 0 Å². The number of ether oxygens (including phenoxy) is 1. The molecule has 180 valence electrons. The predicted octanol–water partition coefficient (Wildman–Crippen LogP) is 1.65. The summed E-state index contributed by atoms with van der Waals surface area (Å²) in [5.74, 6) is -1.42. The van der Waals surface area contributed by atoms with Crippen molar-refractivity contribution < 1.29 is 27.5 Å². The van der Waals surface area contributed by atoms with E-state index in [0.29, 0.717) is 17.2 Å². The van der Waals surface area contributed by atoms with Crippen molar-refractivity contribution in [2.45, 2.75) is 42.7 Å². The van der Waals surface area contributed by atoms with E-state index in [-0.39, 0.29) is 29.5 Å². The van der Waals surface area contributed by atoms with E-state index < -0.39 is 33.4 Å². The van der Waals surface area contributed by atoms with Gasteiger partial charge in [0, 0.05) is 18.7 Å². The van der Waals surface area contributed by atoms with E-state index in [2.05, 4.69) is 15.5 Å². The van der Waals surface area contributed by atoms with Crippen molar-refractivity contribution in [2.75, 3.05) is 13.2 Å². The van der Waals surface area contributed by atoms with Gasteiger partial charge in [-0.15, -0.1) is 0 Å². The van der Waals surface area contributed by atoms with Gasteiger partial charge in [-0.1, -0.05) is 43.3 Å². The minimum Gasteiger partial charge on any atom is -0.377 e. The van der Waals surface area contributed by atoms with Gasteiger partial charge in [0.05, 0.1) is 11.0 Å². The second kappa shape index (κ2) is 9.53. The van der Waals surface area contributed by atoms with Gasteiger partial charge in [0.15, 0.2) is 0 Å². The molecule has 11 heteroatoms. The summed E-state index contributed by atoms with van der Waals surface area (Å²) in [6, 6.07) is 13.4. The zero-order valence-electron chi connectivity index (χ0n) is 18.6. The molecule has 2 fully saturated rings. The molecule has 0 spiro atoms. The molecule has 2 atom stereocenters. The second-order valence-corrected chi connectivity index (χ2v) is 9.92. The fourth-order valence-corrected chi connectivity index (χ4v) is 5.21. The summed E-state index contributed by atoms with van der Waals surface area (Å²) in [6.07, 6.45) is 1.76. The topological polar surface area (TPSA) is 134 Å². The lowest BCUT2D eigenvalue weighted by Gasteiger charge is -2.25. The summed E-state index contributed by atoms with van der Waals surface area (Å²) in [4.78, 5) is 38.5. The van der Waals surface area contributed by atoms with Gasteiger partial charge in [0.25, 0.3) is 11.8 Å². The highest BCUT2D eigenvalue weighted by Crippen LogP contribution is 2.31. The van der Waals surface area contributed by atoms with E-state index in [9.17, 15) is 22.8 Å². The number of amides is 4. The monoisotopic (exact) mass is 486 g/mol. The Morgan fingerprint density at radius 3 is 2.62 bits per heavy atom. The third kappa shape index (κ3) is 4.54. The average molecular weight is 487 g/mol. The number of nitrogens with zero attached hydrogens (tertiary/aromatic N) is 1. The van der Waals surface area contributed by atoms with Gasteiger partial charge in [-0.25, -0.2) is 17.9 Å². The van der Waals surface area contributed by atoms with Crippen LogP contribution in [0.15, 0.2) is 59.5 Å². The molecule has 0 aliphatic carbocycles. The van der Waals surface area contributed by atoms with Crippen LogP contribution in [0.3, 0.4) is 0 Å². The van der Waals surface area contributed by atoms with Gasteiger partial charge in [-0.05, 0) is 43.0 Å². The zero-order valence-corrected chi connectivity index (χ0v) is 19.4. The molecule has 4 amide bonds. The third-order valence-corrected chi connectivity index (χ3v) is 7.45. The van der Waals surface area contributed by atoms with E-state index in [4.69, 9.17) is 4.74 Å².